The van der Waals surface area contributed by atoms with Gasteiger partial charge in [0.15, 0.2) is 11.5 Å². The van der Waals surface area contributed by atoms with Gasteiger partial charge in [-0.05, 0) is 62.1 Å². The number of carbonyl (C=O) groups is 2. The molecule has 0 saturated carbocycles. The van der Waals surface area contributed by atoms with Crippen molar-refractivity contribution in [2.45, 2.75) is 34.6 Å². The Balaban J connectivity index is 1.99. The van der Waals surface area contributed by atoms with E-state index in [9.17, 15) is 14.7 Å². The normalized spacial score (nSPS) is 15.6. The largest absolute Gasteiger partial charge is 0.506 e. The number of hydrogen-bond acceptors (Lipinski definition) is 7. The summed E-state index contributed by atoms with van der Waals surface area (Å²) in [6, 6.07) is 12.5. The zero-order valence-corrected chi connectivity index (χ0v) is 22.0. The van der Waals surface area contributed by atoms with Crippen LogP contribution in [0.2, 0.25) is 0 Å². The molecule has 0 bridgehead atoms. The molecule has 0 unspecified atom stereocenters. The number of benzene rings is 2. The predicted molar refractivity (Wildman–Crippen MR) is 143 cm³/mol. The third-order valence-electron chi connectivity index (χ3n) is 5.09. The minimum Gasteiger partial charge on any atom is -0.506 e. The first-order valence-corrected chi connectivity index (χ1v) is 12.7. The number of aliphatic imine (C=N–C) groups is 1. The Hall–Kier alpha value is -3.52. The number of ether oxygens (including phenoxy) is 3. The molecule has 0 radical (unpaired) electrons. The Morgan fingerprint density at radius 2 is 1.81 bits per heavy atom. The van der Waals surface area contributed by atoms with Crippen LogP contribution in [0, 0.1) is 12.8 Å². The fourth-order valence-corrected chi connectivity index (χ4v) is 4.38. The van der Waals surface area contributed by atoms with Crippen LogP contribution in [0.15, 0.2) is 63.7 Å². The number of aliphatic hydroxyl groups excluding tert-OH is 1. The number of aliphatic hydroxyl groups is 1. The average molecular weight is 510 g/mol. The third-order valence-corrected chi connectivity index (χ3v) is 6.11. The summed E-state index contributed by atoms with van der Waals surface area (Å²) in [4.78, 5) is 30.1. The highest BCUT2D eigenvalue weighted by Crippen LogP contribution is 2.40. The molecular formula is C28H31NO6S. The van der Waals surface area contributed by atoms with E-state index in [4.69, 9.17) is 14.2 Å². The molecule has 1 heterocycles. The summed E-state index contributed by atoms with van der Waals surface area (Å²) in [7, 11) is 0. The lowest BCUT2D eigenvalue weighted by Gasteiger charge is -2.14. The van der Waals surface area contributed by atoms with Gasteiger partial charge in [0, 0.05) is 5.56 Å². The van der Waals surface area contributed by atoms with Crippen LogP contribution < -0.4 is 9.47 Å². The molecule has 2 aromatic carbocycles. The number of aryl methyl sites for hydroxylation is 1. The first-order valence-electron chi connectivity index (χ1n) is 11.8. The molecule has 190 valence electrons. The zero-order valence-electron chi connectivity index (χ0n) is 21.2. The number of nitrogens with zero attached hydrogens (tertiary/aromatic N) is 1. The van der Waals surface area contributed by atoms with Crippen molar-refractivity contribution in [2.75, 3.05) is 19.8 Å². The Labute approximate surface area is 215 Å². The lowest BCUT2D eigenvalue weighted by atomic mass is 10.1. The van der Waals surface area contributed by atoms with E-state index < -0.39 is 11.9 Å². The molecule has 1 aliphatic heterocycles. The van der Waals surface area contributed by atoms with Crippen molar-refractivity contribution in [1.29, 1.82) is 0 Å². The van der Waals surface area contributed by atoms with E-state index >= 15 is 0 Å². The van der Waals surface area contributed by atoms with Gasteiger partial charge in [-0.15, -0.1) is 0 Å². The molecule has 0 saturated heterocycles. The molecule has 1 amide bonds. The molecule has 2 aromatic rings. The van der Waals surface area contributed by atoms with Crippen LogP contribution in [0.5, 0.6) is 11.5 Å². The molecule has 0 fully saturated rings. The maximum absolute atomic E-state index is 12.9. The minimum absolute atomic E-state index is 0.0902. The first kappa shape index (κ1) is 27.1. The number of carbonyl (C=O) groups excluding carboxylic acids is 2. The van der Waals surface area contributed by atoms with Crippen molar-refractivity contribution in [3.05, 3.63) is 75.4 Å². The average Bonchev–Trinajstić information content (AvgIpc) is 3.13. The van der Waals surface area contributed by atoms with Gasteiger partial charge in [-0.2, -0.15) is 0 Å². The van der Waals surface area contributed by atoms with E-state index in [0.29, 0.717) is 41.1 Å². The molecule has 0 aliphatic carbocycles. The summed E-state index contributed by atoms with van der Waals surface area (Å²) >= 11 is 1.04. The molecule has 3 rings (SSSR count). The lowest BCUT2D eigenvalue weighted by molar-refractivity contribution is -0.138. The van der Waals surface area contributed by atoms with Gasteiger partial charge < -0.3 is 19.3 Å². The van der Waals surface area contributed by atoms with Crippen molar-refractivity contribution in [1.82, 2.24) is 0 Å². The van der Waals surface area contributed by atoms with Crippen LogP contribution in [0.3, 0.4) is 0 Å². The van der Waals surface area contributed by atoms with Crippen molar-refractivity contribution in [2.24, 2.45) is 10.9 Å². The number of thioether (sulfide) groups is 1. The third kappa shape index (κ3) is 6.57. The fourth-order valence-electron chi connectivity index (χ4n) is 3.37. The number of esters is 1. The number of amides is 1. The van der Waals surface area contributed by atoms with Gasteiger partial charge in [0.2, 0.25) is 0 Å². The Kier molecular flexibility index (Phi) is 9.36. The lowest BCUT2D eigenvalue weighted by Crippen LogP contribution is -2.14. The fraction of sp³-hybridized carbons (Fsp3) is 0.321. The van der Waals surface area contributed by atoms with E-state index in [1.807, 2.05) is 38.1 Å². The predicted octanol–water partition coefficient (Wildman–Crippen LogP) is 6.13. The smallest absolute Gasteiger partial charge is 0.344 e. The van der Waals surface area contributed by atoms with Gasteiger partial charge in [0.05, 0.1) is 24.7 Å². The van der Waals surface area contributed by atoms with Crippen LogP contribution in [0.4, 0.5) is 0 Å². The molecule has 1 N–H and O–H groups in total. The van der Waals surface area contributed by atoms with Gasteiger partial charge in [-0.3, -0.25) is 4.79 Å². The summed E-state index contributed by atoms with van der Waals surface area (Å²) < 4.78 is 16.7. The SMILES string of the molecule is CCOC(=O)C1=C(O)/C(=C/c2ccc(OCC(C)C)c(OCC)c2)SC1=NC(=O)c1ccccc1C. The summed E-state index contributed by atoms with van der Waals surface area (Å²) in [5.41, 5.74) is 1.78. The van der Waals surface area contributed by atoms with Gasteiger partial charge in [0.1, 0.15) is 16.4 Å². The second-order valence-corrected chi connectivity index (χ2v) is 9.47. The highest BCUT2D eigenvalue weighted by Gasteiger charge is 2.34. The second kappa shape index (κ2) is 12.4. The maximum Gasteiger partial charge on any atom is 0.344 e. The van der Waals surface area contributed by atoms with Crippen LogP contribution in [0.25, 0.3) is 6.08 Å². The molecule has 0 spiro atoms. The summed E-state index contributed by atoms with van der Waals surface area (Å²) in [6.07, 6.45) is 1.70. The number of hydrogen-bond donors (Lipinski definition) is 1. The van der Waals surface area contributed by atoms with Gasteiger partial charge in [0.25, 0.3) is 5.91 Å². The monoisotopic (exact) mass is 509 g/mol. The Bertz CT molecular complexity index is 1230. The standard InChI is InChI=1S/C28H31NO6S/c1-6-33-22-14-19(12-13-21(22)35-16-17(3)4)15-23-25(30)24(28(32)34-7-2)27(36-23)29-26(31)20-11-9-8-10-18(20)5/h8-15,17,30H,6-7,16H2,1-5H3/b23-15-,29-27?. The Morgan fingerprint density at radius 3 is 2.47 bits per heavy atom. The first-order chi connectivity index (χ1) is 17.2. The van der Waals surface area contributed by atoms with Crippen molar-refractivity contribution < 1.29 is 28.9 Å². The van der Waals surface area contributed by atoms with Crippen LogP contribution in [0.1, 0.15) is 49.2 Å². The van der Waals surface area contributed by atoms with Crippen molar-refractivity contribution in [3.8, 4) is 11.5 Å². The second-order valence-electron chi connectivity index (χ2n) is 8.44. The van der Waals surface area contributed by atoms with Gasteiger partial charge in [-0.1, -0.05) is 49.9 Å². The van der Waals surface area contributed by atoms with Crippen LogP contribution >= 0.6 is 11.8 Å². The summed E-state index contributed by atoms with van der Waals surface area (Å²) in [5, 5.41) is 11.0. The molecular weight excluding hydrogens is 478 g/mol. The molecule has 36 heavy (non-hydrogen) atoms. The van der Waals surface area contributed by atoms with Crippen LogP contribution in [-0.4, -0.2) is 41.8 Å². The molecule has 7 nitrogen and oxygen atoms in total. The summed E-state index contributed by atoms with van der Waals surface area (Å²) in [5.74, 6) is 0.0388. The quantitative estimate of drug-likeness (QED) is 0.406. The molecule has 0 aromatic heterocycles. The zero-order chi connectivity index (χ0) is 26.2. The minimum atomic E-state index is -0.741. The van der Waals surface area contributed by atoms with Crippen molar-refractivity contribution in [3.63, 3.8) is 0 Å². The summed E-state index contributed by atoms with van der Waals surface area (Å²) in [6.45, 7) is 10.6. The van der Waals surface area contributed by atoms with E-state index in [0.717, 1.165) is 22.9 Å². The molecule has 8 heteroatoms. The van der Waals surface area contributed by atoms with Crippen LogP contribution in [-0.2, 0) is 9.53 Å². The molecule has 1 aliphatic rings. The highest BCUT2D eigenvalue weighted by molar-refractivity contribution is 8.18. The van der Waals surface area contributed by atoms with E-state index in [1.54, 1.807) is 31.2 Å². The van der Waals surface area contributed by atoms with E-state index in [2.05, 4.69) is 18.8 Å². The van der Waals surface area contributed by atoms with Crippen molar-refractivity contribution >= 4 is 34.8 Å². The topological polar surface area (TPSA) is 94.4 Å². The highest BCUT2D eigenvalue weighted by atomic mass is 32.2. The Morgan fingerprint density at radius 1 is 1.06 bits per heavy atom. The van der Waals surface area contributed by atoms with Gasteiger partial charge >= 0.3 is 5.97 Å². The maximum atomic E-state index is 12.9. The number of rotatable bonds is 9. The van der Waals surface area contributed by atoms with E-state index in [-0.39, 0.29) is 23.0 Å². The van der Waals surface area contributed by atoms with E-state index in [1.165, 1.54) is 0 Å². The van der Waals surface area contributed by atoms with Gasteiger partial charge in [-0.25, -0.2) is 9.79 Å². The molecule has 0 atom stereocenters.